The second-order valence-corrected chi connectivity index (χ2v) is 13.6. The summed E-state index contributed by atoms with van der Waals surface area (Å²) in [6.07, 6.45) is 0. The summed E-state index contributed by atoms with van der Waals surface area (Å²) in [5.41, 5.74) is 12.0. The maximum atomic E-state index is 5.45. The van der Waals surface area contributed by atoms with E-state index in [9.17, 15) is 0 Å². The zero-order valence-corrected chi connectivity index (χ0v) is 26.9. The highest BCUT2D eigenvalue weighted by Crippen LogP contribution is 2.53. The van der Waals surface area contributed by atoms with Crippen LogP contribution in [0.1, 0.15) is 25.0 Å². The van der Waals surface area contributed by atoms with Gasteiger partial charge in [0.15, 0.2) is 0 Å². The fourth-order valence-corrected chi connectivity index (χ4v) is 8.25. The van der Waals surface area contributed by atoms with Gasteiger partial charge in [0.1, 0.15) is 5.82 Å². The third kappa shape index (κ3) is 3.83. The minimum atomic E-state index is -0.113. The molecule has 0 aliphatic heterocycles. The number of pyridine rings is 1. The van der Waals surface area contributed by atoms with Crippen molar-refractivity contribution in [2.75, 3.05) is 0 Å². The van der Waals surface area contributed by atoms with Crippen LogP contribution in [0.3, 0.4) is 0 Å². The van der Waals surface area contributed by atoms with Crippen LogP contribution >= 0.6 is 0 Å². The first-order chi connectivity index (χ1) is 23.6. The Hall–Kier alpha value is -5.99. The van der Waals surface area contributed by atoms with Crippen molar-refractivity contribution < 1.29 is 0 Å². The number of nitrogens with zero attached hydrogens (tertiary/aromatic N) is 2. The predicted octanol–water partition coefficient (Wildman–Crippen LogP) is 12.1. The summed E-state index contributed by atoms with van der Waals surface area (Å²) in [6.45, 7) is 4.74. The van der Waals surface area contributed by atoms with Crippen molar-refractivity contribution in [1.82, 2.24) is 9.55 Å². The Morgan fingerprint density at radius 1 is 0.479 bits per heavy atom. The fraction of sp³-hybridized carbons (Fsp3) is 0.0652. The lowest BCUT2D eigenvalue weighted by Gasteiger charge is -2.35. The van der Waals surface area contributed by atoms with Crippen molar-refractivity contribution in [3.63, 3.8) is 0 Å². The maximum Gasteiger partial charge on any atom is 0.138 e. The van der Waals surface area contributed by atoms with E-state index in [0.29, 0.717) is 0 Å². The van der Waals surface area contributed by atoms with Crippen molar-refractivity contribution in [3.8, 4) is 39.3 Å². The first kappa shape index (κ1) is 27.2. The predicted molar refractivity (Wildman–Crippen MR) is 202 cm³/mol. The first-order valence-corrected chi connectivity index (χ1v) is 16.7. The number of hydrogen-bond acceptors (Lipinski definition) is 1. The molecule has 2 aromatic heterocycles. The average molecular weight is 613 g/mol. The van der Waals surface area contributed by atoms with E-state index < -0.39 is 0 Å². The Kier molecular flexibility index (Phi) is 5.66. The molecule has 1 aliphatic carbocycles. The highest BCUT2D eigenvalue weighted by atomic mass is 15.1. The highest BCUT2D eigenvalue weighted by Gasteiger charge is 2.35. The summed E-state index contributed by atoms with van der Waals surface area (Å²) < 4.78 is 2.42. The molecule has 1 aliphatic rings. The lowest BCUT2D eigenvalue weighted by atomic mass is 9.68. The lowest BCUT2D eigenvalue weighted by molar-refractivity contribution is 0.645. The van der Waals surface area contributed by atoms with Gasteiger partial charge in [0.25, 0.3) is 0 Å². The molecule has 0 saturated heterocycles. The summed E-state index contributed by atoms with van der Waals surface area (Å²) in [6, 6.07) is 57.5. The Bertz CT molecular complexity index is 2680. The Morgan fingerprint density at radius 3 is 1.90 bits per heavy atom. The molecule has 10 rings (SSSR count). The van der Waals surface area contributed by atoms with Gasteiger partial charge < -0.3 is 0 Å². The van der Waals surface area contributed by atoms with E-state index in [1.807, 2.05) is 0 Å². The van der Waals surface area contributed by atoms with Crippen LogP contribution in [0.4, 0.5) is 0 Å². The van der Waals surface area contributed by atoms with Gasteiger partial charge in [-0.3, -0.25) is 4.57 Å². The SMILES string of the molecule is CC1(C)c2ccccc2-c2c3c1cccc3cc1c2c2cc3ccccc3cc2n1-c1cc(-c2ccccc2)cc(-c2ccccc2)n1. The molecule has 0 amide bonds. The van der Waals surface area contributed by atoms with E-state index in [2.05, 4.69) is 176 Å². The van der Waals surface area contributed by atoms with Gasteiger partial charge in [0, 0.05) is 27.3 Å². The third-order valence-electron chi connectivity index (χ3n) is 10.5. The minimum Gasteiger partial charge on any atom is -0.294 e. The molecular formula is C46H32N2. The number of aromatic nitrogens is 2. The van der Waals surface area contributed by atoms with Gasteiger partial charge in [0.2, 0.25) is 0 Å². The molecular weight excluding hydrogens is 581 g/mol. The second-order valence-electron chi connectivity index (χ2n) is 13.6. The summed E-state index contributed by atoms with van der Waals surface area (Å²) >= 11 is 0. The molecule has 2 heterocycles. The van der Waals surface area contributed by atoms with E-state index in [0.717, 1.165) is 28.2 Å². The van der Waals surface area contributed by atoms with Crippen LogP contribution in [0, 0.1) is 0 Å². The van der Waals surface area contributed by atoms with E-state index in [1.165, 1.54) is 65.7 Å². The number of fused-ring (bicyclic) bond motifs is 7. The molecule has 0 unspecified atom stereocenters. The topological polar surface area (TPSA) is 17.8 Å². The molecule has 9 aromatic rings. The van der Waals surface area contributed by atoms with Gasteiger partial charge in [-0.15, -0.1) is 0 Å². The van der Waals surface area contributed by atoms with Crippen molar-refractivity contribution in [1.29, 1.82) is 0 Å². The molecule has 0 radical (unpaired) electrons. The molecule has 0 bridgehead atoms. The van der Waals surface area contributed by atoms with Gasteiger partial charge in [-0.25, -0.2) is 4.98 Å². The van der Waals surface area contributed by atoms with E-state index >= 15 is 0 Å². The van der Waals surface area contributed by atoms with Crippen LogP contribution in [-0.4, -0.2) is 9.55 Å². The summed E-state index contributed by atoms with van der Waals surface area (Å²) in [7, 11) is 0. The van der Waals surface area contributed by atoms with Crippen molar-refractivity contribution in [3.05, 3.63) is 169 Å². The van der Waals surface area contributed by atoms with Crippen LogP contribution in [0.2, 0.25) is 0 Å². The molecule has 0 saturated carbocycles. The molecule has 0 fully saturated rings. The van der Waals surface area contributed by atoms with Crippen molar-refractivity contribution in [2.24, 2.45) is 0 Å². The maximum absolute atomic E-state index is 5.45. The average Bonchev–Trinajstić information content (AvgIpc) is 3.45. The van der Waals surface area contributed by atoms with Crippen molar-refractivity contribution >= 4 is 43.4 Å². The summed E-state index contributed by atoms with van der Waals surface area (Å²) in [5.74, 6) is 0.914. The quantitative estimate of drug-likeness (QED) is 0.194. The Labute approximate surface area is 279 Å². The van der Waals surface area contributed by atoms with Crippen LogP contribution in [0.15, 0.2) is 158 Å². The second kappa shape index (κ2) is 10.0. The van der Waals surface area contributed by atoms with Crippen molar-refractivity contribution in [2.45, 2.75) is 19.3 Å². The van der Waals surface area contributed by atoms with E-state index in [-0.39, 0.29) is 5.41 Å². The summed E-state index contributed by atoms with van der Waals surface area (Å²) in [5, 5.41) is 7.61. The van der Waals surface area contributed by atoms with Crippen LogP contribution in [-0.2, 0) is 5.41 Å². The number of hydrogen-bond donors (Lipinski definition) is 0. The zero-order chi connectivity index (χ0) is 32.0. The first-order valence-electron chi connectivity index (χ1n) is 16.7. The standard InChI is InChI=1S/C46H32N2/c1-46(2)37-22-12-11-21-35(37)45-43-33(20-13-23-38(43)46)27-41-44(45)36-24-31-18-9-10-19-32(31)26-40(36)48(41)42-28-34(29-14-5-3-6-15-29)25-39(47-42)30-16-7-4-8-17-30/h3-28H,1-2H3. The van der Waals surface area contributed by atoms with Crippen LogP contribution in [0.25, 0.3) is 82.7 Å². The molecule has 48 heavy (non-hydrogen) atoms. The smallest absolute Gasteiger partial charge is 0.138 e. The number of benzene rings is 7. The highest BCUT2D eigenvalue weighted by molar-refractivity contribution is 6.26. The largest absolute Gasteiger partial charge is 0.294 e. The molecule has 2 heteroatoms. The molecule has 0 atom stereocenters. The number of rotatable bonds is 3. The van der Waals surface area contributed by atoms with Crippen LogP contribution in [0.5, 0.6) is 0 Å². The Morgan fingerprint density at radius 2 is 1.10 bits per heavy atom. The molecule has 0 spiro atoms. The van der Waals surface area contributed by atoms with E-state index in [1.54, 1.807) is 0 Å². The van der Waals surface area contributed by atoms with Gasteiger partial charge in [-0.1, -0.05) is 141 Å². The third-order valence-corrected chi connectivity index (χ3v) is 10.5. The lowest BCUT2D eigenvalue weighted by Crippen LogP contribution is -2.23. The molecule has 7 aromatic carbocycles. The van der Waals surface area contributed by atoms with Gasteiger partial charge in [0.05, 0.1) is 16.7 Å². The minimum absolute atomic E-state index is 0.113. The molecule has 2 nitrogen and oxygen atoms in total. The zero-order valence-electron chi connectivity index (χ0n) is 26.9. The van der Waals surface area contributed by atoms with Gasteiger partial charge in [-0.05, 0) is 79.7 Å². The van der Waals surface area contributed by atoms with Crippen LogP contribution < -0.4 is 0 Å². The molecule has 0 N–H and O–H groups in total. The van der Waals surface area contributed by atoms with Gasteiger partial charge >= 0.3 is 0 Å². The Balaban J connectivity index is 1.41. The molecule has 226 valence electrons. The van der Waals surface area contributed by atoms with Gasteiger partial charge in [-0.2, -0.15) is 0 Å². The summed E-state index contributed by atoms with van der Waals surface area (Å²) in [4.78, 5) is 5.45. The van der Waals surface area contributed by atoms with E-state index in [4.69, 9.17) is 4.98 Å². The monoisotopic (exact) mass is 612 g/mol. The fourth-order valence-electron chi connectivity index (χ4n) is 8.25. The normalized spacial score (nSPS) is 13.4.